The lowest BCUT2D eigenvalue weighted by molar-refractivity contribution is -0.119. The molecule has 1 aromatic heterocycles. The third-order valence-corrected chi connectivity index (χ3v) is 3.97. The molecule has 128 valence electrons. The van der Waals surface area contributed by atoms with Crippen molar-refractivity contribution in [3.63, 3.8) is 0 Å². The zero-order chi connectivity index (χ0) is 17.5. The number of rotatable bonds is 7. The summed E-state index contributed by atoms with van der Waals surface area (Å²) in [6.07, 6.45) is 1.14. The first kappa shape index (κ1) is 18.0. The highest BCUT2D eigenvalue weighted by atomic mass is 35.5. The third-order valence-electron chi connectivity index (χ3n) is 3.70. The van der Waals surface area contributed by atoms with Crippen LogP contribution in [0.3, 0.4) is 0 Å². The van der Waals surface area contributed by atoms with E-state index in [0.717, 1.165) is 5.69 Å². The summed E-state index contributed by atoms with van der Waals surface area (Å²) in [5.41, 5.74) is 6.79. The van der Waals surface area contributed by atoms with E-state index < -0.39 is 11.8 Å². The number of hydrogen-bond donors (Lipinski definition) is 2. The quantitative estimate of drug-likeness (QED) is 0.749. The molecule has 24 heavy (non-hydrogen) atoms. The Kier molecular flexibility index (Phi) is 6.37. The Morgan fingerprint density at radius 3 is 2.67 bits per heavy atom. The lowest BCUT2D eigenvalue weighted by atomic mass is 10.0. The summed E-state index contributed by atoms with van der Waals surface area (Å²) in [6, 6.07) is 11.0. The van der Waals surface area contributed by atoms with Gasteiger partial charge in [-0.2, -0.15) is 0 Å². The summed E-state index contributed by atoms with van der Waals surface area (Å²) in [5, 5.41) is 0. The van der Waals surface area contributed by atoms with Crippen LogP contribution in [0.15, 0.2) is 46.2 Å². The predicted molar refractivity (Wildman–Crippen MR) is 94.3 cm³/mol. The standard InChI is InChI=1S/C17H21ClN4O2/c1-2-13(16(19)23)14-11-15(20-12-7-4-3-5-8-12)22(10-6-9-18)17(24)21-14/h3-5,7-8,11,13H,2,6,9-10H2,1H3,(H2,19,23)(H,21,24)/b20-15-. The van der Waals surface area contributed by atoms with Crippen LogP contribution in [0.2, 0.25) is 0 Å². The lowest BCUT2D eigenvalue weighted by Crippen LogP contribution is -2.38. The molecule has 0 saturated carbocycles. The number of aromatic nitrogens is 2. The highest BCUT2D eigenvalue weighted by Crippen LogP contribution is 2.14. The van der Waals surface area contributed by atoms with Crippen molar-refractivity contribution in [3.8, 4) is 0 Å². The molecule has 6 nitrogen and oxygen atoms in total. The van der Waals surface area contributed by atoms with Gasteiger partial charge in [0.25, 0.3) is 0 Å². The number of H-pyrrole nitrogens is 1. The van der Waals surface area contributed by atoms with Crippen molar-refractivity contribution in [2.45, 2.75) is 32.2 Å². The zero-order valence-corrected chi connectivity index (χ0v) is 14.3. The Bertz CT molecular complexity index is 811. The normalized spacial score (nSPS) is 13.0. The molecule has 0 bridgehead atoms. The van der Waals surface area contributed by atoms with Crippen LogP contribution < -0.4 is 16.9 Å². The van der Waals surface area contributed by atoms with Crippen LogP contribution in [0.4, 0.5) is 5.69 Å². The molecule has 0 fully saturated rings. The number of alkyl halides is 1. The molecule has 7 heteroatoms. The molecule has 0 aliphatic carbocycles. The number of nitrogens with one attached hydrogen (secondary N) is 1. The second-order valence-electron chi connectivity index (χ2n) is 5.39. The van der Waals surface area contributed by atoms with Crippen LogP contribution in [0.25, 0.3) is 0 Å². The van der Waals surface area contributed by atoms with Crippen molar-refractivity contribution in [3.05, 3.63) is 58.1 Å². The topological polar surface area (TPSA) is 93.2 Å². The van der Waals surface area contributed by atoms with Gasteiger partial charge >= 0.3 is 5.69 Å². The minimum atomic E-state index is -0.551. The van der Waals surface area contributed by atoms with E-state index in [2.05, 4.69) is 9.98 Å². The minimum absolute atomic E-state index is 0.327. The average Bonchev–Trinajstić information content (AvgIpc) is 2.55. The van der Waals surface area contributed by atoms with Crippen LogP contribution in [0.1, 0.15) is 31.4 Å². The fourth-order valence-corrected chi connectivity index (χ4v) is 2.59. The second-order valence-corrected chi connectivity index (χ2v) is 5.77. The first-order valence-corrected chi connectivity index (χ1v) is 8.39. The van der Waals surface area contributed by atoms with E-state index >= 15 is 0 Å². The lowest BCUT2D eigenvalue weighted by Gasteiger charge is -2.13. The maximum absolute atomic E-state index is 12.5. The molecule has 0 radical (unpaired) electrons. The van der Waals surface area contributed by atoms with Gasteiger partial charge in [0.15, 0.2) is 0 Å². The van der Waals surface area contributed by atoms with E-state index in [1.807, 2.05) is 37.3 Å². The number of aromatic amines is 1. The minimum Gasteiger partial charge on any atom is -0.369 e. The summed E-state index contributed by atoms with van der Waals surface area (Å²) < 4.78 is 1.52. The van der Waals surface area contributed by atoms with Gasteiger partial charge in [-0.1, -0.05) is 25.1 Å². The maximum atomic E-state index is 12.5. The molecule has 0 aliphatic heterocycles. The summed E-state index contributed by atoms with van der Waals surface area (Å²) >= 11 is 5.74. The molecule has 0 saturated heterocycles. The van der Waals surface area contributed by atoms with Crippen LogP contribution >= 0.6 is 11.6 Å². The SMILES string of the molecule is CCC(C(N)=O)c1c/c(=N/c2ccccc2)n(CCCCl)c(=O)[nH]1. The molecule has 0 spiro atoms. The van der Waals surface area contributed by atoms with Gasteiger partial charge in [-0.05, 0) is 25.0 Å². The van der Waals surface area contributed by atoms with E-state index in [-0.39, 0.29) is 5.69 Å². The van der Waals surface area contributed by atoms with Gasteiger partial charge < -0.3 is 10.7 Å². The van der Waals surface area contributed by atoms with Crippen molar-refractivity contribution < 1.29 is 4.79 Å². The van der Waals surface area contributed by atoms with Crippen LogP contribution in [-0.2, 0) is 11.3 Å². The second kappa shape index (κ2) is 8.49. The Hall–Kier alpha value is -2.34. The molecule has 1 atom stereocenters. The summed E-state index contributed by atoms with van der Waals surface area (Å²) in [7, 11) is 0. The molecule has 1 heterocycles. The highest BCUT2D eigenvalue weighted by molar-refractivity contribution is 6.17. The average molecular weight is 349 g/mol. The van der Waals surface area contributed by atoms with Gasteiger partial charge in [0.2, 0.25) is 5.91 Å². The van der Waals surface area contributed by atoms with E-state index in [0.29, 0.717) is 36.4 Å². The Labute approximate surface area is 145 Å². The van der Waals surface area contributed by atoms with Gasteiger partial charge in [-0.3, -0.25) is 9.36 Å². The van der Waals surface area contributed by atoms with Crippen LogP contribution in [0.5, 0.6) is 0 Å². The molecule has 3 N–H and O–H groups in total. The largest absolute Gasteiger partial charge is 0.369 e. The first-order chi connectivity index (χ1) is 11.6. The van der Waals surface area contributed by atoms with Crippen molar-refractivity contribution >= 4 is 23.2 Å². The van der Waals surface area contributed by atoms with E-state index in [4.69, 9.17) is 17.3 Å². The molecular weight excluding hydrogens is 328 g/mol. The smallest absolute Gasteiger partial charge is 0.327 e. The molecule has 1 amide bonds. The van der Waals surface area contributed by atoms with E-state index in [9.17, 15) is 9.59 Å². The summed E-state index contributed by atoms with van der Waals surface area (Å²) in [4.78, 5) is 31.4. The number of para-hydroxylation sites is 1. The maximum Gasteiger partial charge on any atom is 0.327 e. The number of carbonyl (C=O) groups excluding carboxylic acids is 1. The van der Waals surface area contributed by atoms with Gasteiger partial charge in [0.05, 0.1) is 11.6 Å². The number of benzene rings is 1. The summed E-state index contributed by atoms with van der Waals surface area (Å²) in [5.74, 6) is -0.583. The molecular formula is C17H21ClN4O2. The number of carbonyl (C=O) groups is 1. The highest BCUT2D eigenvalue weighted by Gasteiger charge is 2.18. The number of nitrogens with two attached hydrogens (primary N) is 1. The van der Waals surface area contributed by atoms with Crippen molar-refractivity contribution in [2.75, 3.05) is 5.88 Å². The van der Waals surface area contributed by atoms with Gasteiger partial charge in [-0.15, -0.1) is 11.6 Å². The number of primary amides is 1. The van der Waals surface area contributed by atoms with Crippen molar-refractivity contribution in [1.82, 2.24) is 9.55 Å². The Morgan fingerprint density at radius 2 is 2.08 bits per heavy atom. The fraction of sp³-hybridized carbons (Fsp3) is 0.353. The zero-order valence-electron chi connectivity index (χ0n) is 13.5. The number of nitrogens with zero attached hydrogens (tertiary/aromatic N) is 2. The number of amides is 1. The molecule has 1 unspecified atom stereocenters. The van der Waals surface area contributed by atoms with Gasteiger partial charge in [0, 0.05) is 24.2 Å². The van der Waals surface area contributed by atoms with E-state index in [1.54, 1.807) is 6.07 Å². The number of halogens is 1. The monoisotopic (exact) mass is 348 g/mol. The van der Waals surface area contributed by atoms with Crippen LogP contribution in [0, 0.1) is 0 Å². The molecule has 1 aromatic carbocycles. The summed E-state index contributed by atoms with van der Waals surface area (Å²) in [6.45, 7) is 2.29. The van der Waals surface area contributed by atoms with Crippen molar-refractivity contribution in [2.24, 2.45) is 10.7 Å². The Balaban J connectivity index is 2.63. The Morgan fingerprint density at radius 1 is 1.38 bits per heavy atom. The fourth-order valence-electron chi connectivity index (χ4n) is 2.47. The van der Waals surface area contributed by atoms with E-state index in [1.165, 1.54) is 4.57 Å². The van der Waals surface area contributed by atoms with Gasteiger partial charge in [-0.25, -0.2) is 9.79 Å². The third kappa shape index (κ3) is 4.35. The molecule has 2 rings (SSSR count). The molecule has 2 aromatic rings. The van der Waals surface area contributed by atoms with Crippen molar-refractivity contribution in [1.29, 1.82) is 0 Å². The van der Waals surface area contributed by atoms with Gasteiger partial charge in [0.1, 0.15) is 5.49 Å². The number of hydrogen-bond acceptors (Lipinski definition) is 3. The predicted octanol–water partition coefficient (Wildman–Crippen LogP) is 2.02. The first-order valence-electron chi connectivity index (χ1n) is 7.86. The van der Waals surface area contributed by atoms with Crippen LogP contribution in [-0.4, -0.2) is 21.3 Å². The molecule has 0 aliphatic rings.